The lowest BCUT2D eigenvalue weighted by Crippen LogP contribution is -2.35. The lowest BCUT2D eigenvalue weighted by molar-refractivity contribution is -0.123. The van der Waals surface area contributed by atoms with Gasteiger partial charge in [-0.1, -0.05) is 17.3 Å². The summed E-state index contributed by atoms with van der Waals surface area (Å²) in [5.41, 5.74) is 4.74. The summed E-state index contributed by atoms with van der Waals surface area (Å²) in [4.78, 5) is 29.1. The van der Waals surface area contributed by atoms with Gasteiger partial charge in [-0.05, 0) is 85.9 Å². The number of fused-ring (bicyclic) bond motifs is 1. The fourth-order valence-electron chi connectivity index (χ4n) is 4.48. The van der Waals surface area contributed by atoms with Crippen LogP contribution in [0.1, 0.15) is 58.3 Å². The molecule has 2 aromatic rings. The van der Waals surface area contributed by atoms with Gasteiger partial charge in [0.25, 0.3) is 5.91 Å². The number of ether oxygens (including phenoxy) is 2. The van der Waals surface area contributed by atoms with Gasteiger partial charge in [0.15, 0.2) is 6.61 Å². The Balaban J connectivity index is 1.31. The molecule has 0 unspecified atom stereocenters. The minimum atomic E-state index is -0.952. The summed E-state index contributed by atoms with van der Waals surface area (Å²) >= 11 is 0. The number of aryl methyl sites for hydroxylation is 1. The molecule has 0 saturated carbocycles. The monoisotopic (exact) mass is 480 g/mol. The van der Waals surface area contributed by atoms with E-state index >= 15 is 0 Å². The van der Waals surface area contributed by atoms with Crippen molar-refractivity contribution in [3.05, 3.63) is 64.2 Å². The molecule has 0 aromatic heterocycles. The molecular formula is C27H32N2O6. The standard InChI is InChI=1S/C27H32N2O6/c1-18-21(5-2-6-23(18)27(31)32)16-35-29-25-7-3-4-20-14-22(8-9-24(20)25)34-17-26(30)28-15-19-10-12-33-13-11-19/h2,5-6,8-9,14,19H,3-4,7,10-13,15-17H2,1H3,(H,28,30)(H,31,32)/b29-25-. The smallest absolute Gasteiger partial charge is 0.335 e. The number of aromatic carboxylic acids is 1. The normalized spacial score (nSPS) is 17.0. The lowest BCUT2D eigenvalue weighted by Gasteiger charge is -2.22. The summed E-state index contributed by atoms with van der Waals surface area (Å²) in [6.07, 6.45) is 4.61. The van der Waals surface area contributed by atoms with E-state index in [9.17, 15) is 14.7 Å². The molecule has 2 N–H and O–H groups in total. The van der Waals surface area contributed by atoms with Gasteiger partial charge in [-0.25, -0.2) is 4.79 Å². The first-order valence-electron chi connectivity index (χ1n) is 12.1. The predicted octanol–water partition coefficient (Wildman–Crippen LogP) is 3.87. The van der Waals surface area contributed by atoms with Crippen LogP contribution in [0.4, 0.5) is 0 Å². The van der Waals surface area contributed by atoms with Crippen LogP contribution in [0.25, 0.3) is 0 Å². The van der Waals surface area contributed by atoms with Crippen molar-refractivity contribution in [1.29, 1.82) is 0 Å². The number of carboxylic acids is 1. The minimum absolute atomic E-state index is 0.0131. The molecule has 186 valence electrons. The van der Waals surface area contributed by atoms with Crippen molar-refractivity contribution in [2.75, 3.05) is 26.4 Å². The minimum Gasteiger partial charge on any atom is -0.484 e. The molecule has 1 saturated heterocycles. The van der Waals surface area contributed by atoms with Crippen molar-refractivity contribution in [2.24, 2.45) is 11.1 Å². The number of oxime groups is 1. The number of carbonyl (C=O) groups excluding carboxylic acids is 1. The maximum Gasteiger partial charge on any atom is 0.335 e. The van der Waals surface area contributed by atoms with Crippen LogP contribution in [0.15, 0.2) is 41.6 Å². The zero-order chi connectivity index (χ0) is 24.6. The number of nitrogens with zero attached hydrogens (tertiary/aromatic N) is 1. The summed E-state index contributed by atoms with van der Waals surface area (Å²) < 4.78 is 11.1. The molecule has 0 bridgehead atoms. The number of carbonyl (C=O) groups is 2. The van der Waals surface area contributed by atoms with Crippen molar-refractivity contribution in [3.8, 4) is 5.75 Å². The molecule has 35 heavy (non-hydrogen) atoms. The van der Waals surface area contributed by atoms with Gasteiger partial charge >= 0.3 is 5.97 Å². The van der Waals surface area contributed by atoms with Crippen molar-refractivity contribution >= 4 is 17.6 Å². The Labute approximate surface area is 205 Å². The van der Waals surface area contributed by atoms with Gasteiger partial charge in [-0.3, -0.25) is 4.79 Å². The average Bonchev–Trinajstić information content (AvgIpc) is 2.87. The largest absolute Gasteiger partial charge is 0.484 e. The van der Waals surface area contributed by atoms with Crippen LogP contribution < -0.4 is 10.1 Å². The number of benzene rings is 2. The highest BCUT2D eigenvalue weighted by atomic mass is 16.6. The summed E-state index contributed by atoms with van der Waals surface area (Å²) in [6, 6.07) is 10.9. The topological polar surface area (TPSA) is 106 Å². The number of carboxylic acid groups (broad SMARTS) is 1. The molecule has 1 heterocycles. The van der Waals surface area contributed by atoms with Crippen molar-refractivity contribution in [1.82, 2.24) is 5.32 Å². The van der Waals surface area contributed by atoms with Crippen molar-refractivity contribution < 1.29 is 29.0 Å². The van der Waals surface area contributed by atoms with Crippen LogP contribution in [-0.4, -0.2) is 49.1 Å². The number of amides is 1. The molecule has 1 aliphatic carbocycles. The molecule has 1 fully saturated rings. The van der Waals surface area contributed by atoms with Gasteiger partial charge in [0, 0.05) is 25.3 Å². The zero-order valence-electron chi connectivity index (χ0n) is 20.0. The van der Waals surface area contributed by atoms with Crippen molar-refractivity contribution in [3.63, 3.8) is 0 Å². The van der Waals surface area contributed by atoms with E-state index in [2.05, 4.69) is 10.5 Å². The first-order chi connectivity index (χ1) is 17.0. The summed E-state index contributed by atoms with van der Waals surface area (Å²) in [5.74, 6) is 0.0634. The second-order valence-corrected chi connectivity index (χ2v) is 9.03. The number of nitrogens with one attached hydrogen (secondary N) is 1. The molecule has 0 atom stereocenters. The Bertz CT molecular complexity index is 1090. The van der Waals surface area contributed by atoms with E-state index in [1.54, 1.807) is 19.1 Å². The van der Waals surface area contributed by atoms with E-state index < -0.39 is 5.97 Å². The molecule has 4 rings (SSSR count). The Kier molecular flexibility index (Phi) is 8.36. The molecule has 8 heteroatoms. The SMILES string of the molecule is Cc1c(CO/N=C2/CCCc3cc(OCC(=O)NCC4CCOCC4)ccc32)cccc1C(=O)O. The van der Waals surface area contributed by atoms with Gasteiger partial charge in [0.05, 0.1) is 11.3 Å². The summed E-state index contributed by atoms with van der Waals surface area (Å²) in [6.45, 7) is 4.16. The second-order valence-electron chi connectivity index (χ2n) is 9.03. The Morgan fingerprint density at radius 1 is 1.17 bits per heavy atom. The van der Waals surface area contributed by atoms with Gasteiger partial charge in [0.1, 0.15) is 12.4 Å². The number of rotatable bonds is 9. The van der Waals surface area contributed by atoms with E-state index in [4.69, 9.17) is 14.3 Å². The van der Waals surface area contributed by atoms with Gasteiger partial charge in [-0.15, -0.1) is 0 Å². The Hall–Kier alpha value is -3.39. The molecule has 2 aliphatic rings. The second kappa shape index (κ2) is 11.8. The highest BCUT2D eigenvalue weighted by Gasteiger charge is 2.18. The zero-order valence-corrected chi connectivity index (χ0v) is 20.0. The molecule has 0 radical (unpaired) electrons. The predicted molar refractivity (Wildman–Crippen MR) is 131 cm³/mol. The van der Waals surface area contributed by atoms with Crippen molar-refractivity contribution in [2.45, 2.75) is 45.6 Å². The molecule has 8 nitrogen and oxygen atoms in total. The molecule has 1 amide bonds. The van der Waals surface area contributed by atoms with Gasteiger partial charge < -0.3 is 24.7 Å². The third-order valence-corrected chi connectivity index (χ3v) is 6.62. The maximum absolute atomic E-state index is 12.2. The Morgan fingerprint density at radius 3 is 2.80 bits per heavy atom. The van der Waals surface area contributed by atoms with Gasteiger partial charge in [0.2, 0.25) is 0 Å². The van der Waals surface area contributed by atoms with Crippen LogP contribution in [0.2, 0.25) is 0 Å². The van der Waals surface area contributed by atoms with E-state index in [1.165, 1.54) is 0 Å². The fraction of sp³-hybridized carbons (Fsp3) is 0.444. The molecule has 0 spiro atoms. The summed E-state index contributed by atoms with van der Waals surface area (Å²) in [7, 11) is 0. The quantitative estimate of drug-likeness (QED) is 0.528. The average molecular weight is 481 g/mol. The number of hydrogen-bond acceptors (Lipinski definition) is 6. The Morgan fingerprint density at radius 2 is 2.00 bits per heavy atom. The van der Waals surface area contributed by atoms with E-state index in [0.29, 0.717) is 23.8 Å². The van der Waals surface area contributed by atoms with E-state index in [0.717, 1.165) is 67.7 Å². The highest BCUT2D eigenvalue weighted by molar-refractivity contribution is 6.02. The van der Waals surface area contributed by atoms with Gasteiger partial charge in [-0.2, -0.15) is 0 Å². The third-order valence-electron chi connectivity index (χ3n) is 6.62. The maximum atomic E-state index is 12.2. The number of hydrogen-bond donors (Lipinski definition) is 2. The molecule has 1 aliphatic heterocycles. The third kappa shape index (κ3) is 6.60. The molecule has 2 aromatic carbocycles. The fourth-order valence-corrected chi connectivity index (χ4v) is 4.48. The first-order valence-corrected chi connectivity index (χ1v) is 12.1. The van der Waals surface area contributed by atoms with Crippen LogP contribution in [0.3, 0.4) is 0 Å². The molecular weight excluding hydrogens is 448 g/mol. The van der Waals surface area contributed by atoms with Crippen LogP contribution in [0, 0.1) is 12.8 Å². The van der Waals surface area contributed by atoms with Crippen LogP contribution in [-0.2, 0) is 27.4 Å². The van der Waals surface area contributed by atoms with E-state index in [1.807, 2.05) is 24.3 Å². The van der Waals surface area contributed by atoms with E-state index in [-0.39, 0.29) is 24.7 Å². The first kappa shape index (κ1) is 24.7. The summed E-state index contributed by atoms with van der Waals surface area (Å²) in [5, 5.41) is 16.6. The van der Waals surface area contributed by atoms with Crippen LogP contribution in [0.5, 0.6) is 5.75 Å². The highest BCUT2D eigenvalue weighted by Crippen LogP contribution is 2.26. The van der Waals surface area contributed by atoms with Crippen LogP contribution >= 0.6 is 0 Å². The lowest BCUT2D eigenvalue weighted by atomic mass is 9.90.